The van der Waals surface area contributed by atoms with Crippen molar-refractivity contribution >= 4 is 5.82 Å². The highest BCUT2D eigenvalue weighted by Gasteiger charge is 2.24. The summed E-state index contributed by atoms with van der Waals surface area (Å²) in [4.78, 5) is 2.22. The van der Waals surface area contributed by atoms with Crippen molar-refractivity contribution in [3.8, 4) is 28.6 Å². The van der Waals surface area contributed by atoms with E-state index in [9.17, 15) is 5.26 Å². The molecule has 2 aromatic carbocycles. The molecule has 1 aliphatic rings. The minimum atomic E-state index is 0.634. The number of aromatic nitrogens is 4. The van der Waals surface area contributed by atoms with E-state index in [1.54, 1.807) is 6.07 Å². The lowest BCUT2D eigenvalue weighted by molar-refractivity contribution is 0.704. The molecular formula is C23H18N6. The third-order valence-corrected chi connectivity index (χ3v) is 5.24. The van der Waals surface area contributed by atoms with Crippen LogP contribution in [0, 0.1) is 11.3 Å². The molecule has 140 valence electrons. The zero-order valence-electron chi connectivity index (χ0n) is 15.7. The topological polar surface area (TPSA) is 81.5 Å². The first-order valence-electron chi connectivity index (χ1n) is 9.52. The summed E-state index contributed by atoms with van der Waals surface area (Å²) in [6.45, 7) is 1.56. The lowest BCUT2D eigenvalue weighted by Gasteiger charge is -2.27. The normalized spacial score (nSPS) is 13.0. The van der Waals surface area contributed by atoms with Gasteiger partial charge in [-0.25, -0.2) is 0 Å². The fourth-order valence-electron chi connectivity index (χ4n) is 3.72. The van der Waals surface area contributed by atoms with Crippen molar-refractivity contribution in [3.63, 3.8) is 0 Å². The Morgan fingerprint density at radius 1 is 0.931 bits per heavy atom. The molecule has 0 radical (unpaired) electrons. The Labute approximate surface area is 168 Å². The van der Waals surface area contributed by atoms with E-state index in [1.165, 1.54) is 0 Å². The lowest BCUT2D eigenvalue weighted by Crippen LogP contribution is -2.31. The first kappa shape index (κ1) is 17.1. The standard InChI is InChI=1S/C23H18N6/c24-14-16-5-4-8-18(13-16)23-19-15-29(12-11-21(19)26-28-23)22-10-9-20(25-27-22)17-6-2-1-3-7-17/h1-10,13H,11-12,15H2,(H,26,28). The second-order valence-electron chi connectivity index (χ2n) is 7.04. The van der Waals surface area contributed by atoms with Gasteiger partial charge in [0.15, 0.2) is 5.82 Å². The Bertz CT molecular complexity index is 1190. The summed E-state index contributed by atoms with van der Waals surface area (Å²) < 4.78 is 0. The molecule has 6 heteroatoms. The third-order valence-electron chi connectivity index (χ3n) is 5.24. The zero-order chi connectivity index (χ0) is 19.6. The summed E-state index contributed by atoms with van der Waals surface area (Å²) >= 11 is 0. The monoisotopic (exact) mass is 378 g/mol. The lowest BCUT2D eigenvalue weighted by atomic mass is 10.00. The number of nitrogens with zero attached hydrogens (tertiary/aromatic N) is 5. The zero-order valence-corrected chi connectivity index (χ0v) is 15.7. The summed E-state index contributed by atoms with van der Waals surface area (Å²) in [5.74, 6) is 0.855. The molecule has 3 heterocycles. The average molecular weight is 378 g/mol. The number of aromatic amines is 1. The first-order chi connectivity index (χ1) is 14.3. The van der Waals surface area contributed by atoms with Gasteiger partial charge < -0.3 is 4.90 Å². The average Bonchev–Trinajstić information content (AvgIpc) is 3.23. The van der Waals surface area contributed by atoms with Crippen LogP contribution in [-0.4, -0.2) is 26.9 Å². The molecule has 4 aromatic rings. The molecule has 0 amide bonds. The summed E-state index contributed by atoms with van der Waals surface area (Å²) in [7, 11) is 0. The highest BCUT2D eigenvalue weighted by Crippen LogP contribution is 2.30. The van der Waals surface area contributed by atoms with E-state index in [2.05, 4.69) is 31.4 Å². The fourth-order valence-corrected chi connectivity index (χ4v) is 3.72. The van der Waals surface area contributed by atoms with Crippen molar-refractivity contribution in [1.29, 1.82) is 5.26 Å². The second kappa shape index (κ2) is 7.21. The SMILES string of the molecule is N#Cc1cccc(-c2n[nH]c3c2CN(c2ccc(-c4ccccc4)nn2)CC3)c1. The predicted molar refractivity (Wildman–Crippen MR) is 111 cm³/mol. The molecule has 6 nitrogen and oxygen atoms in total. The summed E-state index contributed by atoms with van der Waals surface area (Å²) in [6.07, 6.45) is 0.863. The van der Waals surface area contributed by atoms with Gasteiger partial charge in [0, 0.05) is 41.9 Å². The Hall–Kier alpha value is -3.98. The van der Waals surface area contributed by atoms with E-state index < -0.39 is 0 Å². The van der Waals surface area contributed by atoms with Crippen LogP contribution in [0.4, 0.5) is 5.82 Å². The van der Waals surface area contributed by atoms with E-state index in [4.69, 9.17) is 0 Å². The molecule has 0 saturated heterocycles. The number of anilines is 1. The van der Waals surface area contributed by atoms with Crippen LogP contribution in [0.2, 0.25) is 0 Å². The molecule has 0 spiro atoms. The number of benzene rings is 2. The van der Waals surface area contributed by atoms with Crippen molar-refractivity contribution in [2.45, 2.75) is 13.0 Å². The van der Waals surface area contributed by atoms with Gasteiger partial charge in [0.25, 0.3) is 0 Å². The van der Waals surface area contributed by atoms with Crippen LogP contribution in [0.5, 0.6) is 0 Å². The van der Waals surface area contributed by atoms with Crippen molar-refractivity contribution in [2.24, 2.45) is 0 Å². The fraction of sp³-hybridized carbons (Fsp3) is 0.130. The molecule has 0 atom stereocenters. The molecule has 0 unspecified atom stereocenters. The number of rotatable bonds is 3. The number of H-pyrrole nitrogens is 1. The van der Waals surface area contributed by atoms with Gasteiger partial charge >= 0.3 is 0 Å². The van der Waals surface area contributed by atoms with Gasteiger partial charge in [0.2, 0.25) is 0 Å². The van der Waals surface area contributed by atoms with Crippen LogP contribution >= 0.6 is 0 Å². The molecule has 0 saturated carbocycles. The maximum absolute atomic E-state index is 9.19. The number of hydrogen-bond acceptors (Lipinski definition) is 5. The predicted octanol–water partition coefficient (Wildman–Crippen LogP) is 3.97. The first-order valence-corrected chi connectivity index (χ1v) is 9.52. The summed E-state index contributed by atoms with van der Waals surface area (Å²) in [5, 5.41) is 25.8. The molecule has 0 bridgehead atoms. The molecule has 5 rings (SSSR count). The number of nitriles is 1. The van der Waals surface area contributed by atoms with Gasteiger partial charge in [0.05, 0.1) is 23.0 Å². The minimum absolute atomic E-state index is 0.634. The Balaban J connectivity index is 1.42. The van der Waals surface area contributed by atoms with E-state index in [0.29, 0.717) is 12.1 Å². The van der Waals surface area contributed by atoms with Crippen molar-refractivity contribution < 1.29 is 0 Å². The van der Waals surface area contributed by atoms with E-state index >= 15 is 0 Å². The van der Waals surface area contributed by atoms with Gasteiger partial charge in [-0.05, 0) is 24.3 Å². The second-order valence-corrected chi connectivity index (χ2v) is 7.04. The Kier molecular flexibility index (Phi) is 4.26. The van der Waals surface area contributed by atoms with E-state index in [0.717, 1.165) is 52.6 Å². The van der Waals surface area contributed by atoms with Crippen LogP contribution in [-0.2, 0) is 13.0 Å². The molecule has 0 aliphatic carbocycles. The highest BCUT2D eigenvalue weighted by molar-refractivity contribution is 5.67. The molecule has 1 N–H and O–H groups in total. The van der Waals surface area contributed by atoms with Crippen LogP contribution < -0.4 is 4.90 Å². The van der Waals surface area contributed by atoms with Crippen LogP contribution in [0.15, 0.2) is 66.7 Å². The molecule has 29 heavy (non-hydrogen) atoms. The number of hydrogen-bond donors (Lipinski definition) is 1. The van der Waals surface area contributed by atoms with Gasteiger partial charge in [-0.15, -0.1) is 10.2 Å². The van der Waals surface area contributed by atoms with Crippen LogP contribution in [0.3, 0.4) is 0 Å². The molecule has 0 fully saturated rings. The third kappa shape index (κ3) is 3.23. The quantitative estimate of drug-likeness (QED) is 0.583. The summed E-state index contributed by atoms with van der Waals surface area (Å²) in [5.41, 5.74) is 6.71. The molecule has 1 aliphatic heterocycles. The highest BCUT2D eigenvalue weighted by atomic mass is 15.3. The largest absolute Gasteiger partial charge is 0.350 e. The van der Waals surface area contributed by atoms with Gasteiger partial charge in [-0.2, -0.15) is 10.4 Å². The van der Waals surface area contributed by atoms with E-state index in [-0.39, 0.29) is 0 Å². The number of nitrogens with one attached hydrogen (secondary N) is 1. The number of fused-ring (bicyclic) bond motifs is 1. The maximum Gasteiger partial charge on any atom is 0.151 e. The van der Waals surface area contributed by atoms with Crippen molar-refractivity contribution in [3.05, 3.63) is 83.6 Å². The smallest absolute Gasteiger partial charge is 0.151 e. The van der Waals surface area contributed by atoms with E-state index in [1.807, 2.05) is 60.7 Å². The Morgan fingerprint density at radius 3 is 2.59 bits per heavy atom. The Morgan fingerprint density at radius 2 is 1.79 bits per heavy atom. The van der Waals surface area contributed by atoms with Crippen molar-refractivity contribution in [2.75, 3.05) is 11.4 Å². The van der Waals surface area contributed by atoms with Crippen LogP contribution in [0.25, 0.3) is 22.5 Å². The van der Waals surface area contributed by atoms with Crippen LogP contribution in [0.1, 0.15) is 16.8 Å². The minimum Gasteiger partial charge on any atom is -0.350 e. The molecule has 2 aromatic heterocycles. The van der Waals surface area contributed by atoms with Gasteiger partial charge in [-0.1, -0.05) is 42.5 Å². The summed E-state index contributed by atoms with van der Waals surface area (Å²) in [6, 6.07) is 23.9. The van der Waals surface area contributed by atoms with Gasteiger partial charge in [-0.3, -0.25) is 5.10 Å². The van der Waals surface area contributed by atoms with Crippen molar-refractivity contribution in [1.82, 2.24) is 20.4 Å². The van der Waals surface area contributed by atoms with Gasteiger partial charge in [0.1, 0.15) is 0 Å². The molecular weight excluding hydrogens is 360 g/mol. The maximum atomic E-state index is 9.19.